The van der Waals surface area contributed by atoms with Crippen molar-refractivity contribution in [2.75, 3.05) is 10.6 Å². The molecule has 8 rings (SSSR count). The normalized spacial score (nSPS) is 11.2. The van der Waals surface area contributed by atoms with Gasteiger partial charge in [0.2, 0.25) is 0 Å². The van der Waals surface area contributed by atoms with Gasteiger partial charge < -0.3 is 25.3 Å². The number of aromatic nitrogens is 2. The van der Waals surface area contributed by atoms with Crippen LogP contribution >= 0.6 is 45.6 Å². The summed E-state index contributed by atoms with van der Waals surface area (Å²) in [6.45, 7) is 7.87. The first-order chi connectivity index (χ1) is 28.6. The summed E-state index contributed by atoms with van der Waals surface area (Å²) in [5.41, 5.74) is 2.81. The third-order valence-electron chi connectivity index (χ3n) is 8.97. The summed E-state index contributed by atoms with van der Waals surface area (Å²) in [6, 6.07) is 25.1. The van der Waals surface area contributed by atoms with Gasteiger partial charge in [0.15, 0.2) is 5.76 Å². The molecule has 0 bridgehead atoms. The van der Waals surface area contributed by atoms with Crippen LogP contribution in [0.2, 0.25) is 5.02 Å². The number of amides is 2. The van der Waals surface area contributed by atoms with Crippen molar-refractivity contribution < 1.29 is 38.2 Å². The van der Waals surface area contributed by atoms with Gasteiger partial charge in [-0.05, 0) is 79.1 Å². The van der Waals surface area contributed by atoms with Gasteiger partial charge in [-0.3, -0.25) is 9.59 Å². The van der Waals surface area contributed by atoms with E-state index >= 15 is 0 Å². The van der Waals surface area contributed by atoms with Gasteiger partial charge in [-0.25, -0.2) is 18.7 Å². The number of carboxylic acids is 2. The molecule has 16 heteroatoms. The maximum Gasteiger partial charge on any atom is 0.339 e. The molecule has 60 heavy (non-hydrogen) atoms. The molecular weight excluding hydrogens is 847 g/mol. The van der Waals surface area contributed by atoms with E-state index in [1.165, 1.54) is 52.2 Å². The summed E-state index contributed by atoms with van der Waals surface area (Å²) in [6.07, 6.45) is 3.33. The minimum Gasteiger partial charge on any atom is -0.478 e. The summed E-state index contributed by atoms with van der Waals surface area (Å²) in [7, 11) is 0. The lowest BCUT2D eigenvalue weighted by atomic mass is 9.88. The number of hydrogen-bond donors (Lipinski definition) is 4. The van der Waals surface area contributed by atoms with Crippen molar-refractivity contribution in [3.8, 4) is 27.3 Å². The van der Waals surface area contributed by atoms with Crippen molar-refractivity contribution in [2.45, 2.75) is 33.1 Å². The van der Waals surface area contributed by atoms with Crippen LogP contribution in [0.3, 0.4) is 0 Å². The maximum absolute atomic E-state index is 13.6. The number of thiophene rings is 3. The highest BCUT2D eigenvalue weighted by Crippen LogP contribution is 2.46. The van der Waals surface area contributed by atoms with Gasteiger partial charge in [0.1, 0.15) is 32.5 Å². The number of hydrogen-bond acceptors (Lipinski definition) is 9. The molecule has 5 aromatic heterocycles. The number of carbonyl (C=O) groups is 4. The number of fused-ring (bicyclic) bond motifs is 1. The van der Waals surface area contributed by atoms with Crippen LogP contribution in [-0.4, -0.2) is 43.7 Å². The third kappa shape index (κ3) is 8.94. The minimum absolute atomic E-state index is 0.0321. The number of nitrogens with one attached hydrogen (secondary N) is 2. The van der Waals surface area contributed by atoms with E-state index in [0.29, 0.717) is 32.3 Å². The first-order valence-corrected chi connectivity index (χ1v) is 21.0. The van der Waals surface area contributed by atoms with Crippen LogP contribution in [0.25, 0.3) is 38.2 Å². The molecule has 0 aliphatic heterocycles. The van der Waals surface area contributed by atoms with Crippen LogP contribution in [0.1, 0.15) is 72.2 Å². The van der Waals surface area contributed by atoms with Gasteiger partial charge in [0.05, 0.1) is 11.9 Å². The Morgan fingerprint density at radius 3 is 2.20 bits per heavy atom. The van der Waals surface area contributed by atoms with Crippen molar-refractivity contribution in [3.05, 3.63) is 152 Å². The molecule has 0 saturated carbocycles. The molecule has 304 valence electrons. The molecule has 0 saturated heterocycles. The van der Waals surface area contributed by atoms with Crippen LogP contribution < -0.4 is 10.6 Å². The van der Waals surface area contributed by atoms with Crippen molar-refractivity contribution >= 4 is 90.3 Å². The fraction of sp³-hybridized carbons (Fsp3) is 0.114. The number of aromatic carboxylic acids is 2. The molecule has 11 nitrogen and oxygen atoms in total. The number of rotatable bonds is 9. The fourth-order valence-corrected chi connectivity index (χ4v) is 9.51. The Hall–Kier alpha value is -6.39. The van der Waals surface area contributed by atoms with E-state index in [0.717, 1.165) is 31.8 Å². The number of anilines is 2. The zero-order valence-electron chi connectivity index (χ0n) is 32.2. The van der Waals surface area contributed by atoms with E-state index < -0.39 is 35.0 Å². The Bertz CT molecular complexity index is 2880. The average Bonchev–Trinajstić information content (AvgIpc) is 4.04. The molecule has 0 fully saturated rings. The summed E-state index contributed by atoms with van der Waals surface area (Å²) < 4.78 is 20.8. The molecule has 3 aromatic carbocycles. The summed E-state index contributed by atoms with van der Waals surface area (Å²) >= 11 is 9.87. The topological polar surface area (TPSA) is 164 Å². The van der Waals surface area contributed by atoms with E-state index in [1.54, 1.807) is 58.9 Å². The molecule has 0 spiro atoms. The van der Waals surface area contributed by atoms with Crippen LogP contribution in [0.15, 0.2) is 113 Å². The molecule has 8 aromatic rings. The lowest BCUT2D eigenvalue weighted by Gasteiger charge is -2.18. The van der Waals surface area contributed by atoms with Gasteiger partial charge in [-0.2, -0.15) is 5.10 Å². The highest BCUT2D eigenvalue weighted by Gasteiger charge is 2.32. The fourth-order valence-electron chi connectivity index (χ4n) is 6.20. The molecule has 0 unspecified atom stereocenters. The van der Waals surface area contributed by atoms with E-state index in [4.69, 9.17) is 16.0 Å². The van der Waals surface area contributed by atoms with Crippen molar-refractivity contribution in [1.82, 2.24) is 9.78 Å². The second kappa shape index (κ2) is 17.1. The van der Waals surface area contributed by atoms with E-state index in [1.807, 2.05) is 58.0 Å². The lowest BCUT2D eigenvalue weighted by Crippen LogP contribution is -2.13. The van der Waals surface area contributed by atoms with E-state index in [2.05, 4.69) is 15.7 Å². The number of furan rings is 1. The Morgan fingerprint density at radius 1 is 0.833 bits per heavy atom. The van der Waals surface area contributed by atoms with Gasteiger partial charge in [0.25, 0.3) is 11.8 Å². The molecule has 4 N–H and O–H groups in total. The smallest absolute Gasteiger partial charge is 0.339 e. The molecule has 2 amide bonds. The van der Waals surface area contributed by atoms with Crippen molar-refractivity contribution in [1.29, 1.82) is 0 Å². The van der Waals surface area contributed by atoms with E-state index in [9.17, 15) is 33.8 Å². The van der Waals surface area contributed by atoms with Crippen molar-refractivity contribution in [2.24, 2.45) is 0 Å². The SMILES string of the molecule is CC(C)(C)c1sc(NC(=O)c2cccc(F)c2)c(C(=O)O)c1-c1cnn(-c2ccc(Cl)cc2)c1.Cc1ccc(-c2csc(NC(=O)c3cc4ccccc4o3)c2C(=O)O)s1. The van der Waals surface area contributed by atoms with Crippen LogP contribution in [0.4, 0.5) is 14.4 Å². The number of nitrogens with zero attached hydrogens (tertiary/aromatic N) is 2. The predicted molar refractivity (Wildman–Crippen MR) is 235 cm³/mol. The van der Waals surface area contributed by atoms with Crippen molar-refractivity contribution in [3.63, 3.8) is 0 Å². The second-order valence-electron chi connectivity index (χ2n) is 14.4. The molecule has 0 aliphatic carbocycles. The van der Waals surface area contributed by atoms with E-state index in [-0.39, 0.29) is 27.5 Å². The quantitative estimate of drug-likeness (QED) is 0.111. The summed E-state index contributed by atoms with van der Waals surface area (Å²) in [4.78, 5) is 52.2. The molecule has 0 radical (unpaired) electrons. The highest BCUT2D eigenvalue weighted by atomic mass is 35.5. The van der Waals surface area contributed by atoms with Gasteiger partial charge in [0, 0.05) is 58.9 Å². The summed E-state index contributed by atoms with van der Waals surface area (Å²) in [5.74, 6) is -3.73. The zero-order valence-corrected chi connectivity index (χ0v) is 35.4. The van der Waals surface area contributed by atoms with Gasteiger partial charge in [-0.1, -0.05) is 56.6 Å². The zero-order chi connectivity index (χ0) is 42.9. The maximum atomic E-state index is 13.6. The Morgan fingerprint density at radius 2 is 1.55 bits per heavy atom. The summed E-state index contributed by atoms with van der Waals surface area (Å²) in [5, 5.41) is 33.1. The molecule has 5 heterocycles. The first kappa shape index (κ1) is 41.8. The van der Waals surface area contributed by atoms with Crippen LogP contribution in [0, 0.1) is 12.7 Å². The molecule has 0 atom stereocenters. The third-order valence-corrected chi connectivity index (χ3v) is 12.7. The Labute approximate surface area is 359 Å². The monoisotopic (exact) mass is 880 g/mol. The number of carbonyl (C=O) groups excluding carboxylic acids is 2. The number of aryl methyl sites for hydroxylation is 1. The molecular formula is C44H34ClFN4O7S3. The Kier molecular flexibility index (Phi) is 11.9. The average molecular weight is 881 g/mol. The van der Waals surface area contributed by atoms with Crippen LogP contribution in [-0.2, 0) is 5.41 Å². The molecule has 0 aliphatic rings. The highest BCUT2D eigenvalue weighted by molar-refractivity contribution is 7.18. The first-order valence-electron chi connectivity index (χ1n) is 18.1. The number of halogens is 2. The lowest BCUT2D eigenvalue weighted by molar-refractivity contribution is 0.0688. The Balaban J connectivity index is 0.000000188. The number of para-hydroxylation sites is 1. The van der Waals surface area contributed by atoms with Gasteiger partial charge in [-0.15, -0.1) is 34.0 Å². The largest absolute Gasteiger partial charge is 0.478 e. The second-order valence-corrected chi connectivity index (χ2v) is 18.0. The predicted octanol–water partition coefficient (Wildman–Crippen LogP) is 12.1. The van der Waals surface area contributed by atoms with Crippen LogP contribution in [0.5, 0.6) is 0 Å². The minimum atomic E-state index is -1.18. The standard InChI is InChI=1S/C25H21ClFN3O3S.C19H13NO4S2/c1-25(2,3)21-19(15-12-28-30(13-15)18-9-7-16(26)8-10-18)20(24(32)33)23(34-21)29-22(31)14-5-4-6-17(27)11-14;1-10-6-7-15(26-10)12-9-25-18(16(12)19(22)23)20-17(21)14-8-11-4-2-3-5-13(11)24-14/h4-13H,1-3H3,(H,29,31)(H,32,33);2-9H,1H3,(H,20,21)(H,22,23). The number of benzene rings is 3. The number of carboxylic acid groups (broad SMARTS) is 2. The van der Waals surface area contributed by atoms with Gasteiger partial charge >= 0.3 is 11.9 Å².